The highest BCUT2D eigenvalue weighted by atomic mass is 16.2. The van der Waals surface area contributed by atoms with Crippen molar-refractivity contribution in [2.24, 2.45) is 16.8 Å². The lowest BCUT2D eigenvalue weighted by Crippen LogP contribution is -2.27. The zero-order chi connectivity index (χ0) is 9.68. The molecule has 1 fully saturated rings. The van der Waals surface area contributed by atoms with Crippen LogP contribution in [0.4, 0.5) is 4.79 Å². The Morgan fingerprint density at radius 2 is 2.00 bits per heavy atom. The molecule has 1 aliphatic rings. The maximum absolute atomic E-state index is 10.4. The number of urea groups is 1. The molecule has 0 aromatic carbocycles. The molecule has 0 spiro atoms. The number of carbonyl (C=O) groups is 1. The normalized spacial score (nSPS) is 19.9. The second-order valence-electron chi connectivity index (χ2n) is 3.56. The molecule has 0 aliphatic heterocycles. The lowest BCUT2D eigenvalue weighted by Gasteiger charge is -2.20. The summed E-state index contributed by atoms with van der Waals surface area (Å²) in [5, 5.41) is 3.94. The van der Waals surface area contributed by atoms with Gasteiger partial charge in [-0.15, -0.1) is 0 Å². The van der Waals surface area contributed by atoms with Crippen molar-refractivity contribution in [3.05, 3.63) is 0 Å². The molecule has 0 heterocycles. The molecule has 0 unspecified atom stereocenters. The molecule has 0 atom stereocenters. The highest BCUT2D eigenvalue weighted by Gasteiger charge is 2.15. The van der Waals surface area contributed by atoms with Crippen LogP contribution < -0.4 is 11.2 Å². The van der Waals surface area contributed by atoms with Crippen LogP contribution in [-0.2, 0) is 0 Å². The van der Waals surface area contributed by atoms with E-state index in [4.69, 9.17) is 5.73 Å². The fourth-order valence-corrected chi connectivity index (χ4v) is 1.75. The molecule has 1 rings (SSSR count). The second kappa shape index (κ2) is 4.84. The smallest absolute Gasteiger partial charge is 0.332 e. The summed E-state index contributed by atoms with van der Waals surface area (Å²) >= 11 is 0. The molecule has 0 aromatic rings. The predicted octanol–water partition coefficient (Wildman–Crippen LogP) is 1.61. The van der Waals surface area contributed by atoms with Crippen molar-refractivity contribution in [1.82, 2.24) is 5.43 Å². The number of hydrazone groups is 1. The third-order valence-corrected chi connectivity index (χ3v) is 2.54. The highest BCUT2D eigenvalue weighted by Crippen LogP contribution is 2.24. The predicted molar refractivity (Wildman–Crippen MR) is 52.4 cm³/mol. The van der Waals surface area contributed by atoms with Gasteiger partial charge in [-0.2, -0.15) is 5.10 Å². The first-order valence-electron chi connectivity index (χ1n) is 4.80. The molecular formula is C9H17N3O. The zero-order valence-electron chi connectivity index (χ0n) is 8.05. The van der Waals surface area contributed by atoms with Crippen molar-refractivity contribution < 1.29 is 4.79 Å². The molecule has 4 heteroatoms. The van der Waals surface area contributed by atoms with E-state index < -0.39 is 6.03 Å². The van der Waals surface area contributed by atoms with Gasteiger partial charge in [-0.1, -0.05) is 19.3 Å². The Labute approximate surface area is 78.6 Å². The number of hydrogen-bond acceptors (Lipinski definition) is 2. The molecule has 1 aliphatic carbocycles. The minimum absolute atomic E-state index is 0.542. The zero-order valence-corrected chi connectivity index (χ0v) is 8.05. The summed E-state index contributed by atoms with van der Waals surface area (Å²) in [5.74, 6) is 0.542. The lowest BCUT2D eigenvalue weighted by atomic mass is 9.86. The third kappa shape index (κ3) is 3.44. The van der Waals surface area contributed by atoms with E-state index in [1.165, 1.54) is 32.1 Å². The maximum atomic E-state index is 10.4. The third-order valence-electron chi connectivity index (χ3n) is 2.54. The van der Waals surface area contributed by atoms with Crippen molar-refractivity contribution in [2.45, 2.75) is 39.0 Å². The highest BCUT2D eigenvalue weighted by molar-refractivity contribution is 5.85. The van der Waals surface area contributed by atoms with Crippen molar-refractivity contribution in [3.63, 3.8) is 0 Å². The molecule has 0 saturated heterocycles. The number of rotatable bonds is 2. The van der Waals surface area contributed by atoms with Gasteiger partial charge in [0.15, 0.2) is 0 Å². The molecule has 0 bridgehead atoms. The van der Waals surface area contributed by atoms with Crippen molar-refractivity contribution in [2.75, 3.05) is 0 Å². The van der Waals surface area contributed by atoms with Gasteiger partial charge in [0.05, 0.1) is 0 Å². The molecule has 2 amide bonds. The number of nitrogens with zero attached hydrogens (tertiary/aromatic N) is 1. The number of amides is 2. The largest absolute Gasteiger partial charge is 0.350 e. The molecule has 74 valence electrons. The van der Waals surface area contributed by atoms with Crippen LogP contribution >= 0.6 is 0 Å². The SMILES string of the molecule is C/C(=N/NC(N)=O)C1CCCCC1. The van der Waals surface area contributed by atoms with Crippen LogP contribution in [0.1, 0.15) is 39.0 Å². The second-order valence-corrected chi connectivity index (χ2v) is 3.56. The maximum Gasteiger partial charge on any atom is 0.332 e. The van der Waals surface area contributed by atoms with E-state index in [0.717, 1.165) is 5.71 Å². The van der Waals surface area contributed by atoms with Gasteiger partial charge in [0.2, 0.25) is 0 Å². The van der Waals surface area contributed by atoms with Gasteiger partial charge in [0, 0.05) is 5.71 Å². The molecule has 1 saturated carbocycles. The minimum atomic E-state index is -0.588. The number of hydrogen-bond donors (Lipinski definition) is 2. The Morgan fingerprint density at radius 3 is 2.54 bits per heavy atom. The van der Waals surface area contributed by atoms with Crippen LogP contribution in [0.15, 0.2) is 5.10 Å². The Kier molecular flexibility index (Phi) is 3.73. The summed E-state index contributed by atoms with van der Waals surface area (Å²) in [7, 11) is 0. The summed E-state index contributed by atoms with van der Waals surface area (Å²) in [4.78, 5) is 10.4. The van der Waals surface area contributed by atoms with Crippen LogP contribution in [0.2, 0.25) is 0 Å². The molecular weight excluding hydrogens is 166 g/mol. The van der Waals surface area contributed by atoms with Crippen LogP contribution in [0.3, 0.4) is 0 Å². The van der Waals surface area contributed by atoms with Gasteiger partial charge in [0.25, 0.3) is 0 Å². The lowest BCUT2D eigenvalue weighted by molar-refractivity contribution is 0.249. The van der Waals surface area contributed by atoms with Crippen LogP contribution in [-0.4, -0.2) is 11.7 Å². The van der Waals surface area contributed by atoms with E-state index in [-0.39, 0.29) is 0 Å². The number of nitrogens with one attached hydrogen (secondary N) is 1. The van der Waals surface area contributed by atoms with Gasteiger partial charge in [-0.25, -0.2) is 10.2 Å². The van der Waals surface area contributed by atoms with Gasteiger partial charge in [-0.05, 0) is 25.7 Å². The summed E-state index contributed by atoms with van der Waals surface area (Å²) < 4.78 is 0. The van der Waals surface area contributed by atoms with Gasteiger partial charge in [-0.3, -0.25) is 0 Å². The average molecular weight is 183 g/mol. The van der Waals surface area contributed by atoms with Crippen molar-refractivity contribution in [1.29, 1.82) is 0 Å². The van der Waals surface area contributed by atoms with Gasteiger partial charge >= 0.3 is 6.03 Å². The quantitative estimate of drug-likeness (QED) is 0.495. The first-order chi connectivity index (χ1) is 6.20. The molecule has 13 heavy (non-hydrogen) atoms. The Bertz CT molecular complexity index is 207. The van der Waals surface area contributed by atoms with E-state index in [2.05, 4.69) is 10.5 Å². The van der Waals surface area contributed by atoms with Gasteiger partial charge in [0.1, 0.15) is 0 Å². The van der Waals surface area contributed by atoms with Crippen LogP contribution in [0.5, 0.6) is 0 Å². The van der Waals surface area contributed by atoms with Crippen molar-refractivity contribution >= 4 is 11.7 Å². The number of carbonyl (C=O) groups excluding carboxylic acids is 1. The first-order valence-corrected chi connectivity index (χ1v) is 4.80. The standard InChI is InChI=1S/C9H17N3O/c1-7(11-12-9(10)13)8-5-3-2-4-6-8/h8H,2-6H2,1H3,(H3,10,12,13)/b11-7-. The summed E-state index contributed by atoms with van der Waals surface area (Å²) in [6, 6.07) is -0.588. The Hall–Kier alpha value is -1.06. The Balaban J connectivity index is 2.39. The van der Waals surface area contributed by atoms with E-state index in [9.17, 15) is 4.79 Å². The van der Waals surface area contributed by atoms with Crippen LogP contribution in [0.25, 0.3) is 0 Å². The first kappa shape index (κ1) is 10.0. The molecule has 0 aromatic heterocycles. The number of primary amides is 1. The Morgan fingerprint density at radius 1 is 1.38 bits per heavy atom. The fourth-order valence-electron chi connectivity index (χ4n) is 1.75. The fraction of sp³-hybridized carbons (Fsp3) is 0.778. The minimum Gasteiger partial charge on any atom is -0.350 e. The summed E-state index contributed by atoms with van der Waals surface area (Å²) in [5.41, 5.74) is 8.18. The monoisotopic (exact) mass is 183 g/mol. The van der Waals surface area contributed by atoms with Crippen molar-refractivity contribution in [3.8, 4) is 0 Å². The molecule has 0 radical (unpaired) electrons. The topological polar surface area (TPSA) is 67.5 Å². The average Bonchev–Trinajstić information content (AvgIpc) is 2.15. The number of nitrogens with two attached hydrogens (primary N) is 1. The van der Waals surface area contributed by atoms with E-state index in [0.29, 0.717) is 5.92 Å². The van der Waals surface area contributed by atoms with E-state index in [1.807, 2.05) is 6.92 Å². The van der Waals surface area contributed by atoms with Gasteiger partial charge < -0.3 is 5.73 Å². The summed E-state index contributed by atoms with van der Waals surface area (Å²) in [6.07, 6.45) is 6.25. The summed E-state index contributed by atoms with van der Waals surface area (Å²) in [6.45, 7) is 1.95. The van der Waals surface area contributed by atoms with E-state index in [1.54, 1.807) is 0 Å². The molecule has 3 N–H and O–H groups in total. The van der Waals surface area contributed by atoms with E-state index >= 15 is 0 Å². The molecule has 4 nitrogen and oxygen atoms in total. The van der Waals surface area contributed by atoms with Crippen LogP contribution in [0, 0.1) is 5.92 Å².